The summed E-state index contributed by atoms with van der Waals surface area (Å²) in [6, 6.07) is 4.41. The van der Waals surface area contributed by atoms with Crippen molar-refractivity contribution in [2.24, 2.45) is 0 Å². The summed E-state index contributed by atoms with van der Waals surface area (Å²) in [7, 11) is 0. The molecule has 0 bridgehead atoms. The third-order valence-electron chi connectivity index (χ3n) is 3.86. The Hall–Kier alpha value is -2.73. The van der Waals surface area contributed by atoms with Gasteiger partial charge in [0, 0.05) is 12.3 Å². The van der Waals surface area contributed by atoms with Crippen LogP contribution in [-0.4, -0.2) is 21.6 Å². The van der Waals surface area contributed by atoms with E-state index in [1.807, 2.05) is 0 Å². The van der Waals surface area contributed by atoms with E-state index >= 15 is 0 Å². The van der Waals surface area contributed by atoms with Gasteiger partial charge in [-0.05, 0) is 17.7 Å². The molecular weight excluding hydrogens is 367 g/mol. The zero-order chi connectivity index (χ0) is 18.9. The summed E-state index contributed by atoms with van der Waals surface area (Å²) in [5.74, 6) is 1.75. The predicted molar refractivity (Wildman–Crippen MR) is 90.9 cm³/mol. The molecule has 1 aromatic carbocycles. The number of rotatable bonds is 3. The van der Waals surface area contributed by atoms with Gasteiger partial charge in [0.25, 0.3) is 5.56 Å². The standard InChI is InChI=1S/C17H12F3N3O2S/c1-2-7-26-16-22-14-13(15(25)23-16)11(8-12(24)21-14)9-3-5-10(6-4-9)17(18,19)20/h1,3-6,11H,7-8H2,(H2,21,22,23,24,25). The molecule has 1 atom stereocenters. The predicted octanol–water partition coefficient (Wildman–Crippen LogP) is 2.99. The van der Waals surface area contributed by atoms with Crippen LogP contribution in [-0.2, 0) is 11.0 Å². The SMILES string of the molecule is C#CCSc1nc2c(c(=O)[nH]1)C(c1ccc(C(F)(F)F)cc1)CC(=O)N2. The molecule has 1 aliphatic rings. The van der Waals surface area contributed by atoms with Crippen LogP contribution >= 0.6 is 11.8 Å². The van der Waals surface area contributed by atoms with Crippen molar-refractivity contribution >= 4 is 23.5 Å². The van der Waals surface area contributed by atoms with Crippen molar-refractivity contribution in [2.45, 2.75) is 23.7 Å². The number of hydrogen-bond acceptors (Lipinski definition) is 4. The average Bonchev–Trinajstić information content (AvgIpc) is 2.58. The summed E-state index contributed by atoms with van der Waals surface area (Å²) in [5, 5.41) is 2.80. The van der Waals surface area contributed by atoms with Gasteiger partial charge in [0.05, 0.1) is 16.9 Å². The minimum absolute atomic E-state index is 0.0556. The third-order valence-corrected chi connectivity index (χ3v) is 4.64. The quantitative estimate of drug-likeness (QED) is 0.488. The fourth-order valence-corrected chi connectivity index (χ4v) is 3.26. The number of alkyl halides is 3. The second kappa shape index (κ2) is 6.88. The van der Waals surface area contributed by atoms with Gasteiger partial charge in [-0.25, -0.2) is 4.98 Å². The molecule has 2 heterocycles. The molecule has 1 unspecified atom stereocenters. The smallest absolute Gasteiger partial charge is 0.310 e. The minimum Gasteiger partial charge on any atom is -0.310 e. The first kappa shape index (κ1) is 18.1. The summed E-state index contributed by atoms with van der Waals surface area (Å²) < 4.78 is 38.2. The number of benzene rings is 1. The molecule has 2 N–H and O–H groups in total. The van der Waals surface area contributed by atoms with E-state index in [1.165, 1.54) is 12.1 Å². The first-order chi connectivity index (χ1) is 12.3. The zero-order valence-corrected chi connectivity index (χ0v) is 14.0. The van der Waals surface area contributed by atoms with Gasteiger partial charge in [-0.2, -0.15) is 13.2 Å². The summed E-state index contributed by atoms with van der Waals surface area (Å²) in [4.78, 5) is 31.2. The Labute approximate surface area is 150 Å². The highest BCUT2D eigenvalue weighted by atomic mass is 32.2. The highest BCUT2D eigenvalue weighted by molar-refractivity contribution is 7.99. The van der Waals surface area contributed by atoms with Crippen LogP contribution in [0.4, 0.5) is 19.0 Å². The average molecular weight is 379 g/mol. The number of amides is 1. The molecule has 2 aromatic rings. The van der Waals surface area contributed by atoms with Crippen LogP contribution < -0.4 is 10.9 Å². The van der Waals surface area contributed by atoms with Crippen LogP contribution in [0.15, 0.2) is 34.2 Å². The number of terminal acetylenes is 1. The van der Waals surface area contributed by atoms with Crippen molar-refractivity contribution in [2.75, 3.05) is 11.1 Å². The lowest BCUT2D eigenvalue weighted by atomic mass is 9.86. The maximum atomic E-state index is 12.7. The van der Waals surface area contributed by atoms with E-state index in [1.54, 1.807) is 0 Å². The Kier molecular flexibility index (Phi) is 4.78. The van der Waals surface area contributed by atoms with E-state index in [0.29, 0.717) is 5.56 Å². The van der Waals surface area contributed by atoms with Crippen LogP contribution in [0.5, 0.6) is 0 Å². The number of nitrogens with zero attached hydrogens (tertiary/aromatic N) is 1. The van der Waals surface area contributed by atoms with E-state index in [4.69, 9.17) is 6.42 Å². The van der Waals surface area contributed by atoms with E-state index in [-0.39, 0.29) is 34.6 Å². The Morgan fingerprint density at radius 3 is 2.58 bits per heavy atom. The number of nitrogens with one attached hydrogen (secondary N) is 2. The number of carbonyl (C=O) groups excluding carboxylic acids is 1. The molecule has 3 rings (SSSR count). The number of fused-ring (bicyclic) bond motifs is 1. The largest absolute Gasteiger partial charge is 0.416 e. The number of carbonyl (C=O) groups is 1. The number of thioether (sulfide) groups is 1. The van der Waals surface area contributed by atoms with Crippen molar-refractivity contribution in [3.8, 4) is 12.3 Å². The minimum atomic E-state index is -4.46. The van der Waals surface area contributed by atoms with Crippen molar-refractivity contribution < 1.29 is 18.0 Å². The van der Waals surface area contributed by atoms with Crippen molar-refractivity contribution in [3.63, 3.8) is 0 Å². The molecule has 0 aliphatic carbocycles. The molecule has 1 amide bonds. The molecule has 0 fully saturated rings. The monoisotopic (exact) mass is 379 g/mol. The maximum Gasteiger partial charge on any atom is 0.416 e. The lowest BCUT2D eigenvalue weighted by Gasteiger charge is -2.24. The Balaban J connectivity index is 2.02. The second-order valence-electron chi connectivity index (χ2n) is 5.55. The molecular formula is C17H12F3N3O2S. The van der Waals surface area contributed by atoms with Gasteiger partial charge in [-0.1, -0.05) is 29.8 Å². The lowest BCUT2D eigenvalue weighted by molar-refractivity contribution is -0.137. The van der Waals surface area contributed by atoms with E-state index in [9.17, 15) is 22.8 Å². The number of H-pyrrole nitrogens is 1. The van der Waals surface area contributed by atoms with Crippen molar-refractivity contribution in [1.29, 1.82) is 0 Å². The van der Waals surface area contributed by atoms with Gasteiger partial charge in [-0.15, -0.1) is 6.42 Å². The van der Waals surface area contributed by atoms with Crippen molar-refractivity contribution in [3.05, 3.63) is 51.3 Å². The summed E-state index contributed by atoms with van der Waals surface area (Å²) in [6.45, 7) is 0. The van der Waals surface area contributed by atoms with Crippen LogP contribution in [0, 0.1) is 12.3 Å². The molecule has 26 heavy (non-hydrogen) atoms. The Morgan fingerprint density at radius 2 is 1.96 bits per heavy atom. The van der Waals surface area contributed by atoms with Gasteiger partial charge in [0.2, 0.25) is 5.91 Å². The zero-order valence-electron chi connectivity index (χ0n) is 13.2. The van der Waals surface area contributed by atoms with Gasteiger partial charge < -0.3 is 10.3 Å². The van der Waals surface area contributed by atoms with Crippen LogP contribution in [0.2, 0.25) is 0 Å². The first-order valence-electron chi connectivity index (χ1n) is 7.47. The Bertz CT molecular complexity index is 946. The number of anilines is 1. The molecule has 5 nitrogen and oxygen atoms in total. The number of aromatic amines is 1. The molecule has 9 heteroatoms. The molecule has 0 saturated carbocycles. The fraction of sp³-hybridized carbons (Fsp3) is 0.235. The fourth-order valence-electron chi connectivity index (χ4n) is 2.72. The van der Waals surface area contributed by atoms with E-state index in [0.717, 1.165) is 23.9 Å². The highest BCUT2D eigenvalue weighted by Gasteiger charge is 2.33. The van der Waals surface area contributed by atoms with Crippen LogP contribution in [0.1, 0.15) is 29.0 Å². The maximum absolute atomic E-state index is 12.7. The molecule has 0 spiro atoms. The molecule has 0 radical (unpaired) electrons. The van der Waals surface area contributed by atoms with Gasteiger partial charge in [-0.3, -0.25) is 9.59 Å². The second-order valence-corrected chi connectivity index (χ2v) is 6.51. The lowest BCUT2D eigenvalue weighted by Crippen LogP contribution is -2.31. The van der Waals surface area contributed by atoms with Gasteiger partial charge >= 0.3 is 6.18 Å². The summed E-state index contributed by atoms with van der Waals surface area (Å²) in [6.07, 6.45) is 0.663. The topological polar surface area (TPSA) is 74.8 Å². The third kappa shape index (κ3) is 3.60. The van der Waals surface area contributed by atoms with Gasteiger partial charge in [0.15, 0.2) is 5.16 Å². The molecule has 1 aliphatic heterocycles. The van der Waals surface area contributed by atoms with Crippen LogP contribution in [0.3, 0.4) is 0 Å². The number of aromatic nitrogens is 2. The first-order valence-corrected chi connectivity index (χ1v) is 8.45. The molecule has 1 aromatic heterocycles. The summed E-state index contributed by atoms with van der Waals surface area (Å²) in [5.41, 5.74) is -0.603. The van der Waals surface area contributed by atoms with E-state index in [2.05, 4.69) is 21.2 Å². The number of hydrogen-bond donors (Lipinski definition) is 2. The highest BCUT2D eigenvalue weighted by Crippen LogP contribution is 2.36. The Morgan fingerprint density at radius 1 is 1.27 bits per heavy atom. The molecule has 134 valence electrons. The normalized spacial score (nSPS) is 16.5. The number of halogens is 3. The van der Waals surface area contributed by atoms with E-state index < -0.39 is 23.2 Å². The molecule has 0 saturated heterocycles. The van der Waals surface area contributed by atoms with Crippen molar-refractivity contribution in [1.82, 2.24) is 9.97 Å². The van der Waals surface area contributed by atoms with Crippen LogP contribution in [0.25, 0.3) is 0 Å². The summed E-state index contributed by atoms with van der Waals surface area (Å²) >= 11 is 1.13. The van der Waals surface area contributed by atoms with Gasteiger partial charge in [0.1, 0.15) is 5.82 Å².